The lowest BCUT2D eigenvalue weighted by molar-refractivity contribution is -0.270. The van der Waals surface area contributed by atoms with Crippen molar-refractivity contribution in [1.82, 2.24) is 0 Å². The zero-order valence-electron chi connectivity index (χ0n) is 32.4. The number of aliphatic hydroxyl groups excluding tert-OH is 1. The van der Waals surface area contributed by atoms with Crippen LogP contribution in [0.4, 0.5) is 0 Å². The van der Waals surface area contributed by atoms with Crippen LogP contribution in [0.1, 0.15) is 126 Å². The Bertz CT molecular complexity index is 1460. The molecule has 0 saturated heterocycles. The van der Waals surface area contributed by atoms with Crippen LogP contribution in [-0.2, 0) is 4.43 Å². The molecule has 2 unspecified atom stereocenters. The standard InChI is InChI=1S/C46H68O2Si/c1-10-11-30-49(33-18-14-12-15-19-33,34-20-16-13-17-21-34)48-40-31-39(47)42(4,5)37-25-27-45(8)38(46(37,40)9)23-22-36-41-35(32(2)3)24-26-43(41,6)28-29-44(36,45)7/h12-21,35-41,47H,2,10-11,22-31H2,1,3-9H3/t35-,36+,37-,38-,39?,40?,41+,43+,44+,45+,46-/m0/s1. The fourth-order valence-electron chi connectivity index (χ4n) is 14.3. The quantitative estimate of drug-likeness (QED) is 0.222. The van der Waals surface area contributed by atoms with E-state index in [1.807, 2.05) is 0 Å². The molecule has 0 heterocycles. The summed E-state index contributed by atoms with van der Waals surface area (Å²) in [5.74, 6) is 3.23. The fraction of sp³-hybridized carbons (Fsp3) is 0.696. The van der Waals surface area contributed by atoms with Gasteiger partial charge in [0.05, 0.1) is 12.2 Å². The molecule has 49 heavy (non-hydrogen) atoms. The van der Waals surface area contributed by atoms with Gasteiger partial charge in [0.15, 0.2) is 0 Å². The summed E-state index contributed by atoms with van der Waals surface area (Å²) < 4.78 is 8.15. The predicted octanol–water partition coefficient (Wildman–Crippen LogP) is 10.6. The van der Waals surface area contributed by atoms with Crippen molar-refractivity contribution >= 4 is 18.7 Å². The van der Waals surface area contributed by atoms with Crippen LogP contribution in [0.15, 0.2) is 72.8 Å². The van der Waals surface area contributed by atoms with Gasteiger partial charge in [-0.05, 0) is 138 Å². The summed E-state index contributed by atoms with van der Waals surface area (Å²) in [5.41, 5.74) is 2.32. The SMILES string of the molecule is C=C(C)[C@@H]1CC[C@]2(C)CC[C@]3(C)[C@H](CC[C@@H]4[C@@]5(C)C(O[Si](CCCC)(c6ccccc6)c6ccccc6)CC(O)C(C)(C)[C@@H]5CC[C@]43C)[C@@H]12. The molecule has 0 amide bonds. The van der Waals surface area contributed by atoms with Gasteiger partial charge in [-0.2, -0.15) is 0 Å². The molecule has 5 fully saturated rings. The Kier molecular flexibility index (Phi) is 9.09. The number of unbranched alkanes of at least 4 members (excludes halogenated alkanes) is 1. The summed E-state index contributed by atoms with van der Waals surface area (Å²) in [6.45, 7) is 24.9. The highest BCUT2D eigenvalue weighted by atomic mass is 28.4. The van der Waals surface area contributed by atoms with Gasteiger partial charge in [-0.15, -0.1) is 0 Å². The summed E-state index contributed by atoms with van der Waals surface area (Å²) in [6.07, 6.45) is 13.3. The van der Waals surface area contributed by atoms with E-state index in [1.165, 1.54) is 67.3 Å². The van der Waals surface area contributed by atoms with E-state index in [-0.39, 0.29) is 28.5 Å². The molecule has 2 aromatic rings. The van der Waals surface area contributed by atoms with Gasteiger partial charge in [0, 0.05) is 0 Å². The molecule has 5 aliphatic carbocycles. The van der Waals surface area contributed by atoms with E-state index >= 15 is 0 Å². The fourth-order valence-corrected chi connectivity index (χ4v) is 18.8. The maximum absolute atomic E-state index is 12.1. The van der Waals surface area contributed by atoms with Crippen molar-refractivity contribution in [3.63, 3.8) is 0 Å². The number of hydrogen-bond donors (Lipinski definition) is 1. The van der Waals surface area contributed by atoms with Gasteiger partial charge in [0.2, 0.25) is 0 Å². The summed E-state index contributed by atoms with van der Waals surface area (Å²) in [6, 6.07) is 23.7. The molecule has 3 heteroatoms. The minimum atomic E-state index is -2.66. The first kappa shape index (κ1) is 35.7. The first-order valence-corrected chi connectivity index (χ1v) is 22.4. The zero-order chi connectivity index (χ0) is 35.0. The van der Waals surface area contributed by atoms with E-state index < -0.39 is 8.32 Å². The second-order valence-corrected chi connectivity index (χ2v) is 23.1. The topological polar surface area (TPSA) is 29.5 Å². The molecule has 268 valence electrons. The van der Waals surface area contributed by atoms with Crippen molar-refractivity contribution in [3.05, 3.63) is 72.8 Å². The summed E-state index contributed by atoms with van der Waals surface area (Å²) in [5, 5.41) is 14.9. The Balaban J connectivity index is 1.35. The van der Waals surface area contributed by atoms with E-state index in [0.717, 1.165) is 37.1 Å². The molecule has 11 atom stereocenters. The van der Waals surface area contributed by atoms with Crippen LogP contribution in [0.5, 0.6) is 0 Å². The number of rotatable bonds is 8. The van der Waals surface area contributed by atoms with Crippen molar-refractivity contribution in [2.24, 2.45) is 56.7 Å². The minimum absolute atomic E-state index is 0.0120. The summed E-state index contributed by atoms with van der Waals surface area (Å²) in [7, 11) is -2.66. The predicted molar refractivity (Wildman–Crippen MR) is 209 cm³/mol. The van der Waals surface area contributed by atoms with Crippen LogP contribution in [-0.4, -0.2) is 25.6 Å². The first-order chi connectivity index (χ1) is 23.2. The van der Waals surface area contributed by atoms with Gasteiger partial charge in [-0.1, -0.05) is 134 Å². The number of benzene rings is 2. The third-order valence-electron chi connectivity index (χ3n) is 17.3. The molecular weight excluding hydrogens is 613 g/mol. The molecule has 5 aliphatic rings. The molecule has 0 spiro atoms. The Morgan fingerprint density at radius 1 is 0.796 bits per heavy atom. The van der Waals surface area contributed by atoms with Crippen LogP contribution in [0, 0.1) is 56.7 Å². The highest BCUT2D eigenvalue weighted by Gasteiger charge is 2.72. The maximum Gasteiger partial charge on any atom is 0.256 e. The monoisotopic (exact) mass is 680 g/mol. The lowest BCUT2D eigenvalue weighted by Crippen LogP contribution is -2.72. The highest BCUT2D eigenvalue weighted by molar-refractivity contribution is 6.97. The lowest BCUT2D eigenvalue weighted by Gasteiger charge is -2.74. The largest absolute Gasteiger partial charge is 0.404 e. The molecule has 2 nitrogen and oxygen atoms in total. The Labute approximate surface area is 301 Å². The molecule has 0 aromatic heterocycles. The van der Waals surface area contributed by atoms with Crippen LogP contribution in [0.2, 0.25) is 6.04 Å². The third-order valence-corrected chi connectivity index (χ3v) is 21.5. The second-order valence-electron chi connectivity index (χ2n) is 19.5. The minimum Gasteiger partial charge on any atom is -0.404 e. The van der Waals surface area contributed by atoms with Crippen LogP contribution >= 0.6 is 0 Å². The molecule has 0 radical (unpaired) electrons. The molecule has 0 bridgehead atoms. The average molecular weight is 681 g/mol. The van der Waals surface area contributed by atoms with Crippen molar-refractivity contribution in [3.8, 4) is 0 Å². The zero-order valence-corrected chi connectivity index (χ0v) is 33.4. The van der Waals surface area contributed by atoms with E-state index in [2.05, 4.69) is 123 Å². The van der Waals surface area contributed by atoms with Crippen molar-refractivity contribution in [2.45, 2.75) is 144 Å². The Hall–Kier alpha value is -1.68. The van der Waals surface area contributed by atoms with Gasteiger partial charge >= 0.3 is 0 Å². The van der Waals surface area contributed by atoms with Gasteiger partial charge in [-0.25, -0.2) is 0 Å². The normalized spacial score (nSPS) is 42.8. The van der Waals surface area contributed by atoms with Gasteiger partial charge in [-0.3, -0.25) is 0 Å². The van der Waals surface area contributed by atoms with Gasteiger partial charge in [0.1, 0.15) is 0 Å². The maximum atomic E-state index is 12.1. The number of fused-ring (bicyclic) bond motifs is 7. The van der Waals surface area contributed by atoms with E-state index in [1.54, 1.807) is 0 Å². The number of allylic oxidation sites excluding steroid dienone is 1. The summed E-state index contributed by atoms with van der Waals surface area (Å²) >= 11 is 0. The van der Waals surface area contributed by atoms with E-state index in [4.69, 9.17) is 4.43 Å². The molecular formula is C46H68O2Si. The molecule has 0 aliphatic heterocycles. The average Bonchev–Trinajstić information content (AvgIpc) is 3.44. The van der Waals surface area contributed by atoms with E-state index in [0.29, 0.717) is 28.6 Å². The molecule has 1 N–H and O–H groups in total. The van der Waals surface area contributed by atoms with Gasteiger partial charge in [0.25, 0.3) is 8.32 Å². The van der Waals surface area contributed by atoms with Crippen molar-refractivity contribution in [2.75, 3.05) is 0 Å². The van der Waals surface area contributed by atoms with Crippen LogP contribution in [0.3, 0.4) is 0 Å². The Morgan fingerprint density at radius 3 is 2.02 bits per heavy atom. The van der Waals surface area contributed by atoms with Crippen LogP contribution < -0.4 is 10.4 Å². The molecule has 5 saturated carbocycles. The summed E-state index contributed by atoms with van der Waals surface area (Å²) in [4.78, 5) is 0. The van der Waals surface area contributed by atoms with Crippen LogP contribution in [0.25, 0.3) is 0 Å². The smallest absolute Gasteiger partial charge is 0.256 e. The number of aliphatic hydroxyl groups is 1. The van der Waals surface area contributed by atoms with Crippen molar-refractivity contribution < 1.29 is 9.53 Å². The van der Waals surface area contributed by atoms with E-state index in [9.17, 15) is 5.11 Å². The second kappa shape index (κ2) is 12.5. The third kappa shape index (κ3) is 5.12. The Morgan fingerprint density at radius 2 is 1.43 bits per heavy atom. The molecule has 7 rings (SSSR count). The lowest BCUT2D eigenvalue weighted by atomic mass is 9.32. The van der Waals surface area contributed by atoms with Crippen molar-refractivity contribution in [1.29, 1.82) is 0 Å². The highest BCUT2D eigenvalue weighted by Crippen LogP contribution is 2.77. The first-order valence-electron chi connectivity index (χ1n) is 20.3. The van der Waals surface area contributed by atoms with Gasteiger partial charge < -0.3 is 9.53 Å². The number of hydrogen-bond acceptors (Lipinski definition) is 2. The molecule has 2 aromatic carbocycles.